The normalized spacial score (nSPS) is 14.3. The van der Waals surface area contributed by atoms with Crippen LogP contribution in [0.1, 0.15) is 395 Å². The van der Waals surface area contributed by atoms with E-state index in [9.17, 15) is 43.2 Å². The van der Waals surface area contributed by atoms with E-state index in [0.29, 0.717) is 37.5 Å². The van der Waals surface area contributed by atoms with Gasteiger partial charge >= 0.3 is 39.5 Å². The Kier molecular flexibility index (Phi) is 66.2. The SMILES string of the molecule is CCCCCCCCCCCCCCCCCCCCCCC(=O)O[C@H](COC(=O)CCCCCCCCCCCCCCCCC(C)CC)COP(=O)(O)OC[C@@H](O)COP(=O)(O)OC[C@@H](COC(=O)CCCCCCCCC(C)C)OC(=O)CCCCCCCCC(C)C. The number of esters is 4. The summed E-state index contributed by atoms with van der Waals surface area (Å²) in [7, 11) is -9.91. The van der Waals surface area contributed by atoms with Gasteiger partial charge in [-0.15, -0.1) is 0 Å². The third kappa shape index (κ3) is 69.2. The van der Waals surface area contributed by atoms with Gasteiger partial charge in [0.05, 0.1) is 26.4 Å². The second-order valence-corrected chi connectivity index (χ2v) is 31.8. The number of aliphatic hydroxyl groups is 1. The molecule has 19 heteroatoms. The minimum atomic E-state index is -4.96. The number of ether oxygens (including phenoxy) is 4. The van der Waals surface area contributed by atoms with Crippen LogP contribution < -0.4 is 0 Å². The Balaban J connectivity index is 5.18. The lowest BCUT2D eigenvalue weighted by Gasteiger charge is -2.21. The maximum atomic E-state index is 13.1. The molecule has 0 aromatic rings. The monoisotopic (exact) mass is 1410 g/mol. The molecule has 0 saturated heterocycles. The lowest BCUT2D eigenvalue weighted by molar-refractivity contribution is -0.161. The minimum Gasteiger partial charge on any atom is -0.462 e. The first kappa shape index (κ1) is 94.1. The average Bonchev–Trinajstić information content (AvgIpc) is 1.75. The zero-order valence-corrected chi connectivity index (χ0v) is 64.6. The van der Waals surface area contributed by atoms with Crippen molar-refractivity contribution in [3.8, 4) is 0 Å². The van der Waals surface area contributed by atoms with Crippen LogP contribution in [0.2, 0.25) is 0 Å². The summed E-state index contributed by atoms with van der Waals surface area (Å²) in [6, 6.07) is 0. The van der Waals surface area contributed by atoms with E-state index in [1.54, 1.807) is 0 Å². The molecule has 6 atom stereocenters. The summed E-state index contributed by atoms with van der Waals surface area (Å²) in [5.74, 6) is 0.0742. The summed E-state index contributed by atoms with van der Waals surface area (Å²) >= 11 is 0. The van der Waals surface area contributed by atoms with Gasteiger partial charge in [0, 0.05) is 25.7 Å². The molecule has 0 aliphatic heterocycles. The Morgan fingerprint density at radius 3 is 0.792 bits per heavy atom. The second-order valence-electron chi connectivity index (χ2n) is 28.9. The third-order valence-corrected chi connectivity index (χ3v) is 20.1. The maximum Gasteiger partial charge on any atom is 0.472 e. The van der Waals surface area contributed by atoms with Crippen molar-refractivity contribution in [2.45, 2.75) is 414 Å². The number of phosphoric ester groups is 2. The highest BCUT2D eigenvalue weighted by atomic mass is 31.2. The number of carbonyl (C=O) groups excluding carboxylic acids is 4. The molecule has 0 spiro atoms. The van der Waals surface area contributed by atoms with E-state index in [4.69, 9.17) is 37.0 Å². The molecule has 17 nitrogen and oxygen atoms in total. The number of unbranched alkanes of at least 4 members (excludes halogenated alkanes) is 42. The van der Waals surface area contributed by atoms with Crippen molar-refractivity contribution in [3.63, 3.8) is 0 Å². The van der Waals surface area contributed by atoms with E-state index in [1.807, 2.05) is 0 Å². The van der Waals surface area contributed by atoms with Gasteiger partial charge in [-0.1, -0.05) is 344 Å². The Morgan fingerprint density at radius 1 is 0.302 bits per heavy atom. The molecule has 0 saturated carbocycles. The first-order valence-corrected chi connectivity index (χ1v) is 42.9. The Morgan fingerprint density at radius 2 is 0.531 bits per heavy atom. The molecule has 0 aliphatic rings. The van der Waals surface area contributed by atoms with Crippen LogP contribution >= 0.6 is 15.6 Å². The Labute approximate surface area is 588 Å². The van der Waals surface area contributed by atoms with Crippen molar-refractivity contribution in [2.24, 2.45) is 17.8 Å². The van der Waals surface area contributed by atoms with Gasteiger partial charge < -0.3 is 33.8 Å². The van der Waals surface area contributed by atoms with E-state index >= 15 is 0 Å². The van der Waals surface area contributed by atoms with E-state index in [1.165, 1.54) is 199 Å². The van der Waals surface area contributed by atoms with Crippen LogP contribution in [0.25, 0.3) is 0 Å². The molecular formula is C77H150O17P2. The van der Waals surface area contributed by atoms with E-state index in [2.05, 4.69) is 48.5 Å². The van der Waals surface area contributed by atoms with Crippen LogP contribution in [0.15, 0.2) is 0 Å². The van der Waals surface area contributed by atoms with Crippen molar-refractivity contribution in [2.75, 3.05) is 39.6 Å². The zero-order chi connectivity index (χ0) is 70.9. The fourth-order valence-corrected chi connectivity index (χ4v) is 13.3. The van der Waals surface area contributed by atoms with Gasteiger partial charge in [-0.25, -0.2) is 9.13 Å². The van der Waals surface area contributed by atoms with Crippen molar-refractivity contribution in [3.05, 3.63) is 0 Å². The Hall–Kier alpha value is -1.94. The molecule has 0 radical (unpaired) electrons. The van der Waals surface area contributed by atoms with Crippen LogP contribution in [0.5, 0.6) is 0 Å². The fourth-order valence-electron chi connectivity index (χ4n) is 11.7. The molecule has 0 bridgehead atoms. The highest BCUT2D eigenvalue weighted by Crippen LogP contribution is 2.45. The molecular weight excluding hydrogens is 1260 g/mol. The van der Waals surface area contributed by atoms with E-state index in [0.717, 1.165) is 102 Å². The van der Waals surface area contributed by atoms with Gasteiger partial charge in [0.15, 0.2) is 12.2 Å². The molecule has 3 N–H and O–H groups in total. The van der Waals surface area contributed by atoms with Crippen molar-refractivity contribution in [1.29, 1.82) is 0 Å². The predicted molar refractivity (Wildman–Crippen MR) is 391 cm³/mol. The number of rotatable bonds is 75. The molecule has 0 aromatic heterocycles. The summed E-state index contributed by atoms with van der Waals surface area (Å²) in [5, 5.41) is 10.6. The topological polar surface area (TPSA) is 237 Å². The second kappa shape index (κ2) is 67.5. The van der Waals surface area contributed by atoms with Crippen molar-refractivity contribution in [1.82, 2.24) is 0 Å². The molecule has 0 aliphatic carbocycles. The van der Waals surface area contributed by atoms with Crippen molar-refractivity contribution < 1.29 is 80.2 Å². The number of aliphatic hydroxyl groups excluding tert-OH is 1. The van der Waals surface area contributed by atoms with Gasteiger partial charge in [0.2, 0.25) is 0 Å². The summed E-state index contributed by atoms with van der Waals surface area (Å²) in [6.07, 6.45) is 54.6. The number of hydrogen-bond acceptors (Lipinski definition) is 15. The number of phosphoric acid groups is 2. The average molecular weight is 1410 g/mol. The van der Waals surface area contributed by atoms with Gasteiger partial charge in [0.25, 0.3) is 0 Å². The molecule has 0 aromatic carbocycles. The molecule has 0 heterocycles. The van der Waals surface area contributed by atoms with E-state index in [-0.39, 0.29) is 25.7 Å². The largest absolute Gasteiger partial charge is 0.472 e. The number of hydrogen-bond donors (Lipinski definition) is 3. The van der Waals surface area contributed by atoms with Gasteiger partial charge in [-0.2, -0.15) is 0 Å². The summed E-state index contributed by atoms with van der Waals surface area (Å²) in [5.41, 5.74) is 0. The van der Waals surface area contributed by atoms with Crippen LogP contribution in [-0.2, 0) is 65.4 Å². The van der Waals surface area contributed by atoms with E-state index < -0.39 is 97.5 Å². The summed E-state index contributed by atoms with van der Waals surface area (Å²) < 4.78 is 68.4. The Bertz CT molecular complexity index is 1870. The predicted octanol–water partition coefficient (Wildman–Crippen LogP) is 22.6. The van der Waals surface area contributed by atoms with Crippen LogP contribution in [0.4, 0.5) is 0 Å². The van der Waals surface area contributed by atoms with Gasteiger partial charge in [-0.3, -0.25) is 37.3 Å². The molecule has 0 fully saturated rings. The molecule has 96 heavy (non-hydrogen) atoms. The standard InChI is InChI=1S/C77H150O17P2/c1-8-10-11-12-13-14-15-16-17-18-19-20-21-22-27-30-33-36-46-53-60-76(81)93-72(64-87-74(79)58-51-44-35-32-29-26-24-23-25-28-31-34-43-50-57-70(7)9-2)66-91-95(83,84)89-62-71(78)63-90-96(85,86)92-67-73(94-77(82)61-54-47-40-38-42-49-56-69(5)6)65-88-75(80)59-52-45-39-37-41-48-55-68(3)4/h68-73,78H,8-67H2,1-7H3,(H,83,84)(H,85,86)/t70?,71-,72-,73-/m1/s1. The van der Waals surface area contributed by atoms with Crippen LogP contribution in [0, 0.1) is 17.8 Å². The van der Waals surface area contributed by atoms with Gasteiger partial charge in [-0.05, 0) is 43.4 Å². The van der Waals surface area contributed by atoms with Gasteiger partial charge in [0.1, 0.15) is 19.3 Å². The lowest BCUT2D eigenvalue weighted by atomic mass is 9.99. The van der Waals surface area contributed by atoms with Crippen LogP contribution in [0.3, 0.4) is 0 Å². The highest BCUT2D eigenvalue weighted by Gasteiger charge is 2.30. The molecule has 3 unspecified atom stereocenters. The summed E-state index contributed by atoms with van der Waals surface area (Å²) in [4.78, 5) is 72.7. The first-order valence-electron chi connectivity index (χ1n) is 39.9. The lowest BCUT2D eigenvalue weighted by Crippen LogP contribution is -2.30. The zero-order valence-electron chi connectivity index (χ0n) is 62.8. The molecule has 570 valence electrons. The molecule has 0 amide bonds. The minimum absolute atomic E-state index is 0.101. The smallest absolute Gasteiger partial charge is 0.462 e. The highest BCUT2D eigenvalue weighted by molar-refractivity contribution is 7.47. The van der Waals surface area contributed by atoms with Crippen molar-refractivity contribution >= 4 is 39.5 Å². The fraction of sp³-hybridized carbons (Fsp3) is 0.948. The quantitative estimate of drug-likeness (QED) is 0.0222. The third-order valence-electron chi connectivity index (χ3n) is 18.2. The maximum absolute atomic E-state index is 13.1. The molecule has 0 rings (SSSR count). The first-order chi connectivity index (χ1) is 46.3. The van der Waals surface area contributed by atoms with Crippen LogP contribution in [-0.4, -0.2) is 96.7 Å². The number of carbonyl (C=O) groups is 4. The summed E-state index contributed by atoms with van der Waals surface area (Å²) in [6.45, 7) is 11.8.